The van der Waals surface area contributed by atoms with Crippen LogP contribution in [0.4, 0.5) is 4.79 Å². The number of nitrogens with two attached hydrogens (primary N) is 1. The van der Waals surface area contributed by atoms with Crippen LogP contribution in [0.2, 0.25) is 0 Å². The average molecular weight is 372 g/mol. The van der Waals surface area contributed by atoms with Crippen LogP contribution in [0.1, 0.15) is 42.4 Å². The van der Waals surface area contributed by atoms with Crippen molar-refractivity contribution in [2.24, 2.45) is 5.73 Å². The molecule has 0 spiro atoms. The summed E-state index contributed by atoms with van der Waals surface area (Å²) in [7, 11) is 0. The molecule has 1 heterocycles. The maximum Gasteiger partial charge on any atom is 0.321 e. The van der Waals surface area contributed by atoms with E-state index in [2.05, 4.69) is 16.7 Å². The zero-order chi connectivity index (χ0) is 19.3. The molecule has 1 aromatic rings. The van der Waals surface area contributed by atoms with Crippen molar-refractivity contribution in [3.05, 3.63) is 45.5 Å². The number of carbonyl (C=O) groups excluding carboxylic acids is 2. The Kier molecular flexibility index (Phi) is 6.70. The number of rotatable bonds is 5. The minimum atomic E-state index is -0.650. The van der Waals surface area contributed by atoms with Crippen LogP contribution < -0.4 is 16.4 Å². The second-order valence-corrected chi connectivity index (χ2v) is 7.55. The molecule has 1 aliphatic rings. The summed E-state index contributed by atoms with van der Waals surface area (Å²) in [5.74, 6) is -0.906. The van der Waals surface area contributed by atoms with Crippen molar-refractivity contribution >= 4 is 23.7 Å². The molecule has 1 aromatic carbocycles. The third kappa shape index (κ3) is 4.38. The number of nitrogens with one attached hydrogen (secondary N) is 2. The molecule has 2 rings (SSSR count). The molecule has 0 fully saturated rings. The fourth-order valence-electron chi connectivity index (χ4n) is 3.00. The number of hydrogen-bond donors (Lipinski definition) is 3. The summed E-state index contributed by atoms with van der Waals surface area (Å²) in [4.78, 5) is 24.6. The van der Waals surface area contributed by atoms with E-state index in [9.17, 15) is 14.9 Å². The maximum absolute atomic E-state index is 12.7. The van der Waals surface area contributed by atoms with Gasteiger partial charge in [0.1, 0.15) is 5.25 Å². The van der Waals surface area contributed by atoms with Gasteiger partial charge in [0.15, 0.2) is 0 Å². The minimum Gasteiger partial charge on any atom is -0.393 e. The summed E-state index contributed by atoms with van der Waals surface area (Å²) in [5, 5.41) is 14.2. The molecular weight excluding hydrogens is 348 g/mol. The highest BCUT2D eigenvalue weighted by atomic mass is 32.2. The molecular formula is C19H24N4O2S. The first-order valence-electron chi connectivity index (χ1n) is 8.61. The molecule has 3 amide bonds. The van der Waals surface area contributed by atoms with Crippen molar-refractivity contribution in [1.29, 1.82) is 5.26 Å². The van der Waals surface area contributed by atoms with Crippen molar-refractivity contribution < 1.29 is 9.59 Å². The normalized spacial score (nSPS) is 19.2. The first-order valence-corrected chi connectivity index (χ1v) is 9.49. The number of nitriles is 1. The van der Waals surface area contributed by atoms with Gasteiger partial charge in [-0.15, -0.1) is 0 Å². The molecule has 0 aromatic heterocycles. The van der Waals surface area contributed by atoms with E-state index in [0.717, 1.165) is 41.3 Å². The molecule has 2 atom stereocenters. The Balaban J connectivity index is 2.23. The Hall–Kier alpha value is -2.46. The van der Waals surface area contributed by atoms with Gasteiger partial charge in [0, 0.05) is 12.5 Å². The van der Waals surface area contributed by atoms with Crippen molar-refractivity contribution in [3.8, 4) is 6.07 Å². The number of carbonyl (C=O) groups is 2. The van der Waals surface area contributed by atoms with Crippen LogP contribution in [0.3, 0.4) is 0 Å². The standard InChI is InChI=1S/C19H24N4O2S/c1-4-5-8-22-19(25)23-18(24)16-15(14(10-20)17(21)26-16)13-7-6-11(2)9-12(13)3/h6-7,9,15-16H,4-5,8,21H2,1-3H3,(H2,22,23,24,25). The molecule has 138 valence electrons. The minimum absolute atomic E-state index is 0.337. The predicted molar refractivity (Wildman–Crippen MR) is 103 cm³/mol. The topological polar surface area (TPSA) is 108 Å². The number of thioether (sulfide) groups is 1. The van der Waals surface area contributed by atoms with Gasteiger partial charge in [0.05, 0.1) is 16.7 Å². The third-order valence-corrected chi connectivity index (χ3v) is 5.54. The van der Waals surface area contributed by atoms with Crippen molar-refractivity contribution in [1.82, 2.24) is 10.6 Å². The number of amides is 3. The summed E-state index contributed by atoms with van der Waals surface area (Å²) >= 11 is 1.14. The Morgan fingerprint density at radius 2 is 2.08 bits per heavy atom. The second kappa shape index (κ2) is 8.77. The monoisotopic (exact) mass is 372 g/mol. The average Bonchev–Trinajstić information content (AvgIpc) is 2.91. The van der Waals surface area contributed by atoms with Gasteiger partial charge in [-0.05, 0) is 31.4 Å². The highest BCUT2D eigenvalue weighted by Crippen LogP contribution is 2.46. The van der Waals surface area contributed by atoms with E-state index in [1.165, 1.54) is 0 Å². The van der Waals surface area contributed by atoms with Crippen LogP contribution in [-0.2, 0) is 4.79 Å². The molecule has 7 heteroatoms. The van der Waals surface area contributed by atoms with Crippen molar-refractivity contribution in [2.45, 2.75) is 44.8 Å². The molecule has 0 bridgehead atoms. The lowest BCUT2D eigenvalue weighted by atomic mass is 9.85. The van der Waals surface area contributed by atoms with Gasteiger partial charge < -0.3 is 11.1 Å². The zero-order valence-corrected chi connectivity index (χ0v) is 16.1. The van der Waals surface area contributed by atoms with E-state index < -0.39 is 23.1 Å². The van der Waals surface area contributed by atoms with Crippen molar-refractivity contribution in [2.75, 3.05) is 6.54 Å². The highest BCUT2D eigenvalue weighted by molar-refractivity contribution is 8.04. The quantitative estimate of drug-likeness (QED) is 0.689. The fraction of sp³-hybridized carbons (Fsp3) is 0.421. The van der Waals surface area contributed by atoms with E-state index in [1.54, 1.807) is 0 Å². The van der Waals surface area contributed by atoms with E-state index >= 15 is 0 Å². The summed E-state index contributed by atoms with van der Waals surface area (Å²) in [5.41, 5.74) is 9.35. The molecule has 0 aliphatic carbocycles. The summed E-state index contributed by atoms with van der Waals surface area (Å²) in [6.45, 7) is 6.47. The fourth-order valence-corrected chi connectivity index (χ4v) is 4.16. The Morgan fingerprint density at radius 3 is 2.69 bits per heavy atom. The summed E-state index contributed by atoms with van der Waals surface area (Å²) < 4.78 is 0. The Morgan fingerprint density at radius 1 is 1.35 bits per heavy atom. The van der Waals surface area contributed by atoms with Crippen LogP contribution in [0.25, 0.3) is 0 Å². The lowest BCUT2D eigenvalue weighted by molar-refractivity contribution is -0.119. The van der Waals surface area contributed by atoms with Crippen LogP contribution >= 0.6 is 11.8 Å². The number of allylic oxidation sites excluding steroid dienone is 1. The van der Waals surface area contributed by atoms with Gasteiger partial charge in [-0.2, -0.15) is 5.26 Å². The number of hydrogen-bond acceptors (Lipinski definition) is 5. The number of unbranched alkanes of at least 4 members (excludes halogenated alkanes) is 1. The van der Waals surface area contributed by atoms with Gasteiger partial charge in [-0.25, -0.2) is 4.79 Å². The molecule has 0 radical (unpaired) electrons. The number of benzene rings is 1. The van der Waals surface area contributed by atoms with E-state index in [0.29, 0.717) is 17.1 Å². The molecule has 0 saturated carbocycles. The van der Waals surface area contributed by atoms with Gasteiger partial charge in [-0.1, -0.05) is 48.9 Å². The molecule has 1 aliphatic heterocycles. The van der Waals surface area contributed by atoms with Crippen LogP contribution in [0, 0.1) is 25.2 Å². The first kappa shape index (κ1) is 19.9. The molecule has 26 heavy (non-hydrogen) atoms. The van der Waals surface area contributed by atoms with E-state index in [4.69, 9.17) is 5.73 Å². The molecule has 6 nitrogen and oxygen atoms in total. The number of imide groups is 1. The van der Waals surface area contributed by atoms with Gasteiger partial charge in [0.25, 0.3) is 0 Å². The summed E-state index contributed by atoms with van der Waals surface area (Å²) in [6, 6.07) is 7.50. The second-order valence-electron chi connectivity index (χ2n) is 6.36. The zero-order valence-electron chi connectivity index (χ0n) is 15.3. The summed E-state index contributed by atoms with van der Waals surface area (Å²) in [6.07, 6.45) is 1.80. The lowest BCUT2D eigenvalue weighted by Crippen LogP contribution is -2.44. The van der Waals surface area contributed by atoms with Crippen LogP contribution in [0.5, 0.6) is 0 Å². The van der Waals surface area contributed by atoms with Crippen molar-refractivity contribution in [3.63, 3.8) is 0 Å². The molecule has 0 saturated heterocycles. The van der Waals surface area contributed by atoms with E-state index in [1.807, 2.05) is 39.0 Å². The number of aryl methyl sites for hydroxylation is 2. The number of urea groups is 1. The first-order chi connectivity index (χ1) is 12.4. The Bertz CT molecular complexity index is 782. The van der Waals surface area contributed by atoms with E-state index in [-0.39, 0.29) is 0 Å². The Labute approximate surface area is 158 Å². The molecule has 4 N–H and O–H groups in total. The third-order valence-electron chi connectivity index (χ3n) is 4.32. The maximum atomic E-state index is 12.7. The van der Waals surface area contributed by atoms with Gasteiger partial charge in [0.2, 0.25) is 5.91 Å². The smallest absolute Gasteiger partial charge is 0.321 e. The van der Waals surface area contributed by atoms with Crippen LogP contribution in [-0.4, -0.2) is 23.7 Å². The lowest BCUT2D eigenvalue weighted by Gasteiger charge is -2.21. The highest BCUT2D eigenvalue weighted by Gasteiger charge is 2.41. The van der Waals surface area contributed by atoms with Gasteiger partial charge in [-0.3, -0.25) is 10.1 Å². The van der Waals surface area contributed by atoms with Gasteiger partial charge >= 0.3 is 6.03 Å². The SMILES string of the molecule is CCCCNC(=O)NC(=O)C1SC(N)=C(C#N)C1c1ccc(C)cc1C. The molecule has 2 unspecified atom stereocenters. The number of nitrogens with zero attached hydrogens (tertiary/aromatic N) is 1. The van der Waals surface area contributed by atoms with Crippen LogP contribution in [0.15, 0.2) is 28.8 Å². The predicted octanol–water partition coefficient (Wildman–Crippen LogP) is 2.82. The largest absolute Gasteiger partial charge is 0.393 e.